The molecule has 1 aromatic carbocycles. The molecule has 4 heteroatoms. The van der Waals surface area contributed by atoms with Gasteiger partial charge in [-0.2, -0.15) is 0 Å². The van der Waals surface area contributed by atoms with E-state index in [9.17, 15) is 4.79 Å². The van der Waals surface area contributed by atoms with Crippen LogP contribution in [0.2, 0.25) is 0 Å². The first-order chi connectivity index (χ1) is 10.0. The van der Waals surface area contributed by atoms with Crippen molar-refractivity contribution in [2.75, 3.05) is 31.8 Å². The van der Waals surface area contributed by atoms with Crippen molar-refractivity contribution in [2.45, 2.75) is 44.6 Å². The van der Waals surface area contributed by atoms with Gasteiger partial charge in [-0.3, -0.25) is 4.79 Å². The number of anilines is 2. The summed E-state index contributed by atoms with van der Waals surface area (Å²) in [5.74, 6) is 0.0190. The first-order valence-corrected chi connectivity index (χ1v) is 7.84. The van der Waals surface area contributed by atoms with E-state index in [4.69, 9.17) is 5.73 Å². The van der Waals surface area contributed by atoms with Crippen molar-refractivity contribution >= 4 is 17.3 Å². The highest BCUT2D eigenvalue weighted by Crippen LogP contribution is 2.30. The van der Waals surface area contributed by atoms with Gasteiger partial charge in [0.2, 0.25) is 0 Å². The van der Waals surface area contributed by atoms with Crippen molar-refractivity contribution in [1.82, 2.24) is 4.90 Å². The molecule has 2 N–H and O–H groups in total. The maximum Gasteiger partial charge on any atom is 0.253 e. The molecule has 1 saturated carbocycles. The van der Waals surface area contributed by atoms with Crippen LogP contribution in [0.4, 0.5) is 11.4 Å². The minimum absolute atomic E-state index is 0.0190. The van der Waals surface area contributed by atoms with Gasteiger partial charge in [0.1, 0.15) is 0 Å². The standard InChI is InChI=1S/C17H27N3O/c1-19(2)17(21)13-10-11-15(18)16(12-13)20(3)14-8-6-4-5-7-9-14/h10-12,14H,4-9,18H2,1-3H3. The molecule has 0 spiro atoms. The highest BCUT2D eigenvalue weighted by molar-refractivity contribution is 5.96. The van der Waals surface area contributed by atoms with E-state index >= 15 is 0 Å². The third-order valence-corrected chi connectivity index (χ3v) is 4.44. The molecule has 0 aliphatic heterocycles. The fourth-order valence-corrected chi connectivity index (χ4v) is 3.08. The minimum atomic E-state index is 0.0190. The number of nitrogens with two attached hydrogens (primary N) is 1. The van der Waals surface area contributed by atoms with Gasteiger partial charge in [-0.25, -0.2) is 0 Å². The van der Waals surface area contributed by atoms with E-state index in [-0.39, 0.29) is 5.91 Å². The summed E-state index contributed by atoms with van der Waals surface area (Å²) in [5, 5.41) is 0. The zero-order valence-electron chi connectivity index (χ0n) is 13.4. The number of nitrogens with zero attached hydrogens (tertiary/aromatic N) is 2. The van der Waals surface area contributed by atoms with Crippen LogP contribution in [0.3, 0.4) is 0 Å². The molecule has 0 radical (unpaired) electrons. The van der Waals surface area contributed by atoms with Crippen molar-refractivity contribution < 1.29 is 4.79 Å². The fourth-order valence-electron chi connectivity index (χ4n) is 3.08. The van der Waals surface area contributed by atoms with Gasteiger partial charge in [-0.1, -0.05) is 25.7 Å². The molecule has 0 atom stereocenters. The Hall–Kier alpha value is -1.71. The number of hydrogen-bond acceptors (Lipinski definition) is 3. The smallest absolute Gasteiger partial charge is 0.253 e. The van der Waals surface area contributed by atoms with Crippen LogP contribution in [-0.4, -0.2) is 38.0 Å². The number of nitrogen functional groups attached to an aromatic ring is 1. The fraction of sp³-hybridized carbons (Fsp3) is 0.588. The van der Waals surface area contributed by atoms with Gasteiger partial charge in [0.15, 0.2) is 0 Å². The molecule has 0 bridgehead atoms. The van der Waals surface area contributed by atoms with E-state index in [2.05, 4.69) is 11.9 Å². The van der Waals surface area contributed by atoms with Crippen molar-refractivity contribution in [3.05, 3.63) is 23.8 Å². The summed E-state index contributed by atoms with van der Waals surface area (Å²) < 4.78 is 0. The topological polar surface area (TPSA) is 49.6 Å². The molecule has 0 unspecified atom stereocenters. The van der Waals surface area contributed by atoms with Crippen LogP contribution in [0.1, 0.15) is 48.9 Å². The van der Waals surface area contributed by atoms with Crippen molar-refractivity contribution in [3.8, 4) is 0 Å². The summed E-state index contributed by atoms with van der Waals surface area (Å²) in [6, 6.07) is 6.11. The third kappa shape index (κ3) is 3.69. The SMILES string of the molecule is CN(C)C(=O)c1ccc(N)c(N(C)C2CCCCCC2)c1. The lowest BCUT2D eigenvalue weighted by Gasteiger charge is -2.30. The molecule has 21 heavy (non-hydrogen) atoms. The number of carbonyl (C=O) groups is 1. The average Bonchev–Trinajstić information content (AvgIpc) is 2.75. The number of hydrogen-bond donors (Lipinski definition) is 1. The van der Waals surface area contributed by atoms with Gasteiger partial charge in [0.25, 0.3) is 5.91 Å². The molecule has 116 valence electrons. The molecule has 0 aromatic heterocycles. The number of amides is 1. The van der Waals surface area contributed by atoms with Gasteiger partial charge in [0.05, 0.1) is 11.4 Å². The first kappa shape index (κ1) is 15.7. The lowest BCUT2D eigenvalue weighted by atomic mass is 10.0. The Labute approximate surface area is 127 Å². The zero-order valence-corrected chi connectivity index (χ0v) is 13.4. The van der Waals surface area contributed by atoms with E-state index in [0.29, 0.717) is 11.6 Å². The molecule has 0 saturated heterocycles. The van der Waals surface area contributed by atoms with Crippen LogP contribution in [0, 0.1) is 0 Å². The van der Waals surface area contributed by atoms with E-state index < -0.39 is 0 Å². The molecule has 0 heterocycles. The molecule has 2 rings (SSSR count). The number of rotatable bonds is 3. The molecule has 1 aromatic rings. The Bertz CT molecular complexity index is 491. The Balaban J connectivity index is 2.24. The summed E-state index contributed by atoms with van der Waals surface area (Å²) in [6.07, 6.45) is 7.65. The summed E-state index contributed by atoms with van der Waals surface area (Å²) in [7, 11) is 5.65. The highest BCUT2D eigenvalue weighted by atomic mass is 16.2. The van der Waals surface area contributed by atoms with Crippen LogP contribution < -0.4 is 10.6 Å². The lowest BCUT2D eigenvalue weighted by Crippen LogP contribution is -2.32. The Kier molecular flexibility index (Phi) is 5.10. The monoisotopic (exact) mass is 289 g/mol. The van der Waals surface area contributed by atoms with Gasteiger partial charge >= 0.3 is 0 Å². The average molecular weight is 289 g/mol. The van der Waals surface area contributed by atoms with E-state index in [1.807, 2.05) is 18.2 Å². The third-order valence-electron chi connectivity index (χ3n) is 4.44. The predicted octanol–water partition coefficient (Wildman–Crippen LogP) is 3.13. The summed E-state index contributed by atoms with van der Waals surface area (Å²) in [5.41, 5.74) is 8.57. The second kappa shape index (κ2) is 6.83. The maximum atomic E-state index is 12.1. The van der Waals surface area contributed by atoms with Crippen LogP contribution >= 0.6 is 0 Å². The van der Waals surface area contributed by atoms with Crippen LogP contribution in [0.25, 0.3) is 0 Å². The lowest BCUT2D eigenvalue weighted by molar-refractivity contribution is 0.0827. The minimum Gasteiger partial charge on any atom is -0.397 e. The van der Waals surface area contributed by atoms with E-state index in [1.165, 1.54) is 38.5 Å². The maximum absolute atomic E-state index is 12.1. The highest BCUT2D eigenvalue weighted by Gasteiger charge is 2.20. The van der Waals surface area contributed by atoms with E-state index in [0.717, 1.165) is 11.4 Å². The van der Waals surface area contributed by atoms with Gasteiger partial charge in [-0.05, 0) is 31.0 Å². The van der Waals surface area contributed by atoms with E-state index in [1.54, 1.807) is 19.0 Å². The van der Waals surface area contributed by atoms with Gasteiger partial charge < -0.3 is 15.5 Å². The molecular weight excluding hydrogens is 262 g/mol. The number of benzene rings is 1. The Morgan fingerprint density at radius 2 is 1.71 bits per heavy atom. The molecule has 4 nitrogen and oxygen atoms in total. The number of carbonyl (C=O) groups excluding carboxylic acids is 1. The Morgan fingerprint density at radius 3 is 2.29 bits per heavy atom. The van der Waals surface area contributed by atoms with Crippen molar-refractivity contribution in [2.24, 2.45) is 0 Å². The van der Waals surface area contributed by atoms with Gasteiger partial charge in [0, 0.05) is 32.7 Å². The molecule has 1 amide bonds. The second-order valence-electron chi connectivity index (χ2n) is 6.23. The summed E-state index contributed by atoms with van der Waals surface area (Å²) in [6.45, 7) is 0. The molecule has 1 fully saturated rings. The second-order valence-corrected chi connectivity index (χ2v) is 6.23. The van der Waals surface area contributed by atoms with Crippen molar-refractivity contribution in [3.63, 3.8) is 0 Å². The normalized spacial score (nSPS) is 16.3. The predicted molar refractivity (Wildman–Crippen MR) is 88.8 cm³/mol. The van der Waals surface area contributed by atoms with Gasteiger partial charge in [-0.15, -0.1) is 0 Å². The zero-order chi connectivity index (χ0) is 15.4. The molecule has 1 aliphatic carbocycles. The largest absolute Gasteiger partial charge is 0.397 e. The summed E-state index contributed by atoms with van der Waals surface area (Å²) in [4.78, 5) is 16.0. The molecular formula is C17H27N3O. The summed E-state index contributed by atoms with van der Waals surface area (Å²) >= 11 is 0. The van der Waals surface area contributed by atoms with Crippen LogP contribution in [0.15, 0.2) is 18.2 Å². The molecule has 1 aliphatic rings. The van der Waals surface area contributed by atoms with Crippen LogP contribution in [-0.2, 0) is 0 Å². The first-order valence-electron chi connectivity index (χ1n) is 7.84. The van der Waals surface area contributed by atoms with Crippen LogP contribution in [0.5, 0.6) is 0 Å². The quantitative estimate of drug-likeness (QED) is 0.687. The Morgan fingerprint density at radius 1 is 1.10 bits per heavy atom. The van der Waals surface area contributed by atoms with Crippen molar-refractivity contribution in [1.29, 1.82) is 0 Å².